The van der Waals surface area contributed by atoms with Gasteiger partial charge in [-0.2, -0.15) is 0 Å². The third-order valence-corrected chi connectivity index (χ3v) is 6.69. The van der Waals surface area contributed by atoms with Gasteiger partial charge < -0.3 is 20.1 Å². The second kappa shape index (κ2) is 28.6. The molecule has 5 nitrogen and oxygen atoms in total. The van der Waals surface area contributed by atoms with Crippen LogP contribution in [0.25, 0.3) is 0 Å². The lowest BCUT2D eigenvalue weighted by Crippen LogP contribution is -2.21. The van der Waals surface area contributed by atoms with E-state index in [1.807, 2.05) is 0 Å². The summed E-state index contributed by atoms with van der Waals surface area (Å²) in [5.74, 6) is -0.277. The van der Waals surface area contributed by atoms with Gasteiger partial charge in [0.15, 0.2) is 0 Å². The van der Waals surface area contributed by atoms with Crippen molar-refractivity contribution in [3.05, 3.63) is 0 Å². The smallest absolute Gasteiger partial charge is 0.305 e. The Bertz CT molecular complexity index is 402. The zero-order chi connectivity index (χ0) is 25.0. The van der Waals surface area contributed by atoms with Crippen molar-refractivity contribution in [3.8, 4) is 0 Å². The fourth-order valence-electron chi connectivity index (χ4n) is 4.41. The number of carbonyl (C=O) groups excluding carboxylic acids is 1. The van der Waals surface area contributed by atoms with Crippen molar-refractivity contribution in [2.45, 2.75) is 160 Å². The lowest BCUT2D eigenvalue weighted by atomic mass is 10.0. The molecule has 34 heavy (non-hydrogen) atoms. The van der Waals surface area contributed by atoms with E-state index in [4.69, 9.17) is 20.1 Å². The molecule has 0 spiro atoms. The number of hydrogen-bond donors (Lipinski definition) is 3. The molecule has 0 rings (SSSR count). The molecule has 0 aliphatic carbocycles. The number of aliphatic hydroxyl groups is 3. The lowest BCUT2D eigenvalue weighted by Gasteiger charge is -2.08. The number of rotatable bonds is 28. The van der Waals surface area contributed by atoms with Gasteiger partial charge in [0.1, 0.15) is 12.7 Å². The SMILES string of the molecule is O=C(CCCCCCCCCCCCCCCCCCCCCCCCCO)OC[C@@H](O)CO. The van der Waals surface area contributed by atoms with Crippen molar-refractivity contribution in [2.75, 3.05) is 19.8 Å². The van der Waals surface area contributed by atoms with Crippen molar-refractivity contribution < 1.29 is 24.9 Å². The van der Waals surface area contributed by atoms with E-state index in [2.05, 4.69) is 0 Å². The largest absolute Gasteiger partial charge is 0.463 e. The molecule has 0 heterocycles. The van der Waals surface area contributed by atoms with E-state index >= 15 is 0 Å². The Kier molecular flexibility index (Phi) is 28.0. The molecule has 5 heteroatoms. The molecule has 0 saturated heterocycles. The normalized spacial score (nSPS) is 12.2. The van der Waals surface area contributed by atoms with Crippen LogP contribution in [0.5, 0.6) is 0 Å². The van der Waals surface area contributed by atoms with Crippen molar-refractivity contribution in [2.24, 2.45) is 0 Å². The molecule has 0 aliphatic rings. The van der Waals surface area contributed by atoms with Crippen LogP contribution in [0, 0.1) is 0 Å². The molecule has 0 aliphatic heterocycles. The summed E-state index contributed by atoms with van der Waals surface area (Å²) in [6.45, 7) is -0.125. The average molecular weight is 487 g/mol. The van der Waals surface area contributed by atoms with Gasteiger partial charge in [-0.25, -0.2) is 0 Å². The van der Waals surface area contributed by atoms with Crippen molar-refractivity contribution in [3.63, 3.8) is 0 Å². The number of carbonyl (C=O) groups is 1. The molecule has 0 aromatic heterocycles. The van der Waals surface area contributed by atoms with Crippen LogP contribution in [-0.4, -0.2) is 47.2 Å². The minimum atomic E-state index is -0.960. The molecular weight excluding hydrogens is 428 g/mol. The first-order valence-corrected chi connectivity index (χ1v) is 14.8. The molecule has 1 atom stereocenters. The third kappa shape index (κ3) is 27.6. The predicted octanol–water partition coefficient (Wildman–Crippen LogP) is 7.24. The zero-order valence-electron chi connectivity index (χ0n) is 22.3. The van der Waals surface area contributed by atoms with Gasteiger partial charge in [0.05, 0.1) is 6.61 Å². The quantitative estimate of drug-likeness (QED) is 0.0801. The molecule has 0 aromatic carbocycles. The average Bonchev–Trinajstić information content (AvgIpc) is 2.85. The highest BCUT2D eigenvalue weighted by atomic mass is 16.5. The number of ether oxygens (including phenoxy) is 1. The maximum atomic E-state index is 11.5. The van der Waals surface area contributed by atoms with Gasteiger partial charge in [0, 0.05) is 13.0 Å². The number of aliphatic hydroxyl groups excluding tert-OH is 3. The van der Waals surface area contributed by atoms with Gasteiger partial charge >= 0.3 is 5.97 Å². The topological polar surface area (TPSA) is 87.0 Å². The highest BCUT2D eigenvalue weighted by molar-refractivity contribution is 5.69. The van der Waals surface area contributed by atoms with Crippen LogP contribution < -0.4 is 0 Å². The van der Waals surface area contributed by atoms with Gasteiger partial charge in [0.2, 0.25) is 0 Å². The minimum Gasteiger partial charge on any atom is -0.463 e. The van der Waals surface area contributed by atoms with Crippen LogP contribution in [-0.2, 0) is 9.53 Å². The van der Waals surface area contributed by atoms with Gasteiger partial charge in [-0.3, -0.25) is 4.79 Å². The summed E-state index contributed by atoms with van der Waals surface area (Å²) in [5, 5.41) is 26.6. The Hall–Kier alpha value is -0.650. The predicted molar refractivity (Wildman–Crippen MR) is 142 cm³/mol. The van der Waals surface area contributed by atoms with Crippen LogP contribution in [0.15, 0.2) is 0 Å². The Labute approximate surface area is 211 Å². The number of esters is 1. The highest BCUT2D eigenvalue weighted by Gasteiger charge is 2.07. The summed E-state index contributed by atoms with van der Waals surface area (Å²) in [7, 11) is 0. The molecule has 204 valence electrons. The van der Waals surface area contributed by atoms with E-state index < -0.39 is 6.10 Å². The molecule has 0 amide bonds. The van der Waals surface area contributed by atoms with Crippen molar-refractivity contribution >= 4 is 5.97 Å². The Morgan fingerprint density at radius 3 is 1.09 bits per heavy atom. The van der Waals surface area contributed by atoms with Crippen molar-refractivity contribution in [1.82, 2.24) is 0 Å². The third-order valence-electron chi connectivity index (χ3n) is 6.69. The standard InChI is InChI=1S/C29H58O5/c30-25-23-21-19-17-15-13-11-9-7-5-3-1-2-4-6-8-10-12-14-16-18-20-22-24-29(33)34-27-28(32)26-31/h28,30-32H,1-27H2/t28-/m0/s1. The van der Waals surface area contributed by atoms with Crippen LogP contribution in [0.1, 0.15) is 154 Å². The van der Waals surface area contributed by atoms with Crippen LogP contribution in [0.2, 0.25) is 0 Å². The number of unbranched alkanes of at least 4 members (excludes halogenated alkanes) is 22. The summed E-state index contributed by atoms with van der Waals surface area (Å²) in [6, 6.07) is 0. The molecule has 0 unspecified atom stereocenters. The summed E-state index contributed by atoms with van der Waals surface area (Å²) >= 11 is 0. The van der Waals surface area contributed by atoms with E-state index in [1.165, 1.54) is 128 Å². The van der Waals surface area contributed by atoms with E-state index in [9.17, 15) is 4.79 Å². The van der Waals surface area contributed by atoms with Gasteiger partial charge in [-0.1, -0.05) is 135 Å². The minimum absolute atomic E-state index is 0.107. The second-order valence-electron chi connectivity index (χ2n) is 10.1. The first kappa shape index (κ1) is 33.4. The van der Waals surface area contributed by atoms with Crippen LogP contribution in [0.3, 0.4) is 0 Å². The van der Waals surface area contributed by atoms with E-state index in [-0.39, 0.29) is 19.2 Å². The van der Waals surface area contributed by atoms with Gasteiger partial charge in [-0.15, -0.1) is 0 Å². The fourth-order valence-corrected chi connectivity index (χ4v) is 4.41. The molecule has 0 fully saturated rings. The molecule has 0 saturated carbocycles. The molecule has 0 bridgehead atoms. The van der Waals surface area contributed by atoms with Crippen molar-refractivity contribution in [1.29, 1.82) is 0 Å². The Morgan fingerprint density at radius 2 is 0.794 bits per heavy atom. The first-order valence-electron chi connectivity index (χ1n) is 14.8. The fraction of sp³-hybridized carbons (Fsp3) is 0.966. The van der Waals surface area contributed by atoms with E-state index in [0.29, 0.717) is 13.0 Å². The summed E-state index contributed by atoms with van der Waals surface area (Å²) < 4.78 is 4.89. The Balaban J connectivity index is 3.09. The molecule has 0 radical (unpaired) electrons. The summed E-state index contributed by atoms with van der Waals surface area (Å²) in [6.07, 6.45) is 29.5. The molecule has 0 aromatic rings. The molecule has 3 N–H and O–H groups in total. The lowest BCUT2D eigenvalue weighted by molar-refractivity contribution is -0.147. The number of hydrogen-bond acceptors (Lipinski definition) is 5. The second-order valence-corrected chi connectivity index (χ2v) is 10.1. The zero-order valence-corrected chi connectivity index (χ0v) is 22.3. The highest BCUT2D eigenvalue weighted by Crippen LogP contribution is 2.15. The van der Waals surface area contributed by atoms with Gasteiger partial charge in [-0.05, 0) is 12.8 Å². The van der Waals surface area contributed by atoms with Crippen LogP contribution >= 0.6 is 0 Å². The van der Waals surface area contributed by atoms with E-state index in [0.717, 1.165) is 19.3 Å². The first-order chi connectivity index (χ1) is 16.7. The molecular formula is C29H58O5. The van der Waals surface area contributed by atoms with Gasteiger partial charge in [0.25, 0.3) is 0 Å². The van der Waals surface area contributed by atoms with E-state index in [1.54, 1.807) is 0 Å². The maximum absolute atomic E-state index is 11.5. The maximum Gasteiger partial charge on any atom is 0.305 e. The summed E-state index contributed by atoms with van der Waals surface area (Å²) in [4.78, 5) is 11.5. The van der Waals surface area contributed by atoms with Crippen LogP contribution in [0.4, 0.5) is 0 Å². The monoisotopic (exact) mass is 486 g/mol. The Morgan fingerprint density at radius 1 is 0.500 bits per heavy atom. The summed E-state index contributed by atoms with van der Waals surface area (Å²) in [5.41, 5.74) is 0.